The van der Waals surface area contributed by atoms with Crippen LogP contribution in [0.15, 0.2) is 24.4 Å². The van der Waals surface area contributed by atoms with E-state index in [1.165, 1.54) is 7.11 Å². The first-order chi connectivity index (χ1) is 13.1. The highest BCUT2D eigenvalue weighted by Gasteiger charge is 2.53. The lowest BCUT2D eigenvalue weighted by Gasteiger charge is -2.47. The first-order valence-electron chi connectivity index (χ1n) is 9.11. The lowest BCUT2D eigenvalue weighted by Crippen LogP contribution is -2.61. The van der Waals surface area contributed by atoms with E-state index in [-0.39, 0.29) is 5.91 Å². The second-order valence-corrected chi connectivity index (χ2v) is 6.88. The molecule has 142 valence electrons. The Bertz CT molecular complexity index is 878. The SMILES string of the molecule is CCCc1ncc2c(n1)COC21CN(C(=O)c2cccc(OC)c2OC)C1. The van der Waals surface area contributed by atoms with Gasteiger partial charge in [-0.25, -0.2) is 9.97 Å². The highest BCUT2D eigenvalue weighted by atomic mass is 16.5. The number of likely N-dealkylation sites (tertiary alicyclic amines) is 1. The van der Waals surface area contributed by atoms with Crippen LogP contribution in [-0.2, 0) is 23.4 Å². The standard InChI is InChI=1S/C20H23N3O4/c1-4-6-17-21-9-14-15(22-17)10-27-20(14)11-23(12-20)19(24)13-7-5-8-16(25-2)18(13)26-3/h5,7-9H,4,6,10-12H2,1-3H3. The van der Waals surface area contributed by atoms with E-state index >= 15 is 0 Å². The van der Waals surface area contributed by atoms with Gasteiger partial charge in [-0.05, 0) is 18.6 Å². The highest BCUT2D eigenvalue weighted by Crippen LogP contribution is 2.44. The van der Waals surface area contributed by atoms with Crippen LogP contribution < -0.4 is 9.47 Å². The molecule has 0 unspecified atom stereocenters. The molecular weight excluding hydrogens is 346 g/mol. The number of hydrogen-bond donors (Lipinski definition) is 0. The van der Waals surface area contributed by atoms with Crippen molar-refractivity contribution in [2.24, 2.45) is 0 Å². The summed E-state index contributed by atoms with van der Waals surface area (Å²) in [4.78, 5) is 23.8. The van der Waals surface area contributed by atoms with Crippen LogP contribution in [0.25, 0.3) is 0 Å². The lowest BCUT2D eigenvalue weighted by atomic mass is 9.87. The molecule has 0 bridgehead atoms. The summed E-state index contributed by atoms with van der Waals surface area (Å²) in [7, 11) is 3.09. The van der Waals surface area contributed by atoms with E-state index in [2.05, 4.69) is 16.9 Å². The average molecular weight is 369 g/mol. The normalized spacial score (nSPS) is 16.8. The molecule has 27 heavy (non-hydrogen) atoms. The van der Waals surface area contributed by atoms with Gasteiger partial charge in [0, 0.05) is 18.2 Å². The number of hydrogen-bond acceptors (Lipinski definition) is 6. The van der Waals surface area contributed by atoms with Gasteiger partial charge in [0.2, 0.25) is 0 Å². The fraction of sp³-hybridized carbons (Fsp3) is 0.450. The third-order valence-corrected chi connectivity index (χ3v) is 5.18. The molecule has 1 spiro atoms. The summed E-state index contributed by atoms with van der Waals surface area (Å²) in [6.45, 7) is 3.54. The molecule has 2 aromatic rings. The largest absolute Gasteiger partial charge is 0.493 e. The first kappa shape index (κ1) is 17.7. The zero-order chi connectivity index (χ0) is 19.0. The number of aromatic nitrogens is 2. The summed E-state index contributed by atoms with van der Waals surface area (Å²) in [5.74, 6) is 1.74. The van der Waals surface area contributed by atoms with Crippen LogP contribution in [-0.4, -0.2) is 48.1 Å². The smallest absolute Gasteiger partial charge is 0.257 e. The van der Waals surface area contributed by atoms with Gasteiger partial charge in [0.05, 0.1) is 45.2 Å². The van der Waals surface area contributed by atoms with Gasteiger partial charge in [0.25, 0.3) is 5.91 Å². The Hall–Kier alpha value is -2.67. The second-order valence-electron chi connectivity index (χ2n) is 6.88. The van der Waals surface area contributed by atoms with Crippen molar-refractivity contribution >= 4 is 5.91 Å². The van der Waals surface area contributed by atoms with Crippen molar-refractivity contribution in [1.82, 2.24) is 14.9 Å². The Labute approximate surface area is 158 Å². The minimum Gasteiger partial charge on any atom is -0.493 e. The summed E-state index contributed by atoms with van der Waals surface area (Å²) >= 11 is 0. The average Bonchev–Trinajstić information content (AvgIpc) is 3.04. The Balaban J connectivity index is 1.53. The molecule has 4 rings (SSSR count). The van der Waals surface area contributed by atoms with Crippen LogP contribution in [0.1, 0.15) is 40.8 Å². The lowest BCUT2D eigenvalue weighted by molar-refractivity contribution is -0.126. The van der Waals surface area contributed by atoms with E-state index < -0.39 is 5.60 Å². The molecule has 1 saturated heterocycles. The zero-order valence-electron chi connectivity index (χ0n) is 15.8. The monoisotopic (exact) mass is 369 g/mol. The summed E-state index contributed by atoms with van der Waals surface area (Å²) in [6, 6.07) is 5.31. The molecule has 1 amide bonds. The Morgan fingerprint density at radius 2 is 2.11 bits per heavy atom. The maximum Gasteiger partial charge on any atom is 0.257 e. The minimum absolute atomic E-state index is 0.100. The molecule has 0 aliphatic carbocycles. The molecule has 7 heteroatoms. The molecule has 0 atom stereocenters. The van der Waals surface area contributed by atoms with Gasteiger partial charge in [-0.2, -0.15) is 0 Å². The van der Waals surface area contributed by atoms with Gasteiger partial charge in [0.1, 0.15) is 11.4 Å². The number of methoxy groups -OCH3 is 2. The fourth-order valence-corrected chi connectivity index (χ4v) is 3.78. The van der Waals surface area contributed by atoms with Crippen molar-refractivity contribution in [2.45, 2.75) is 32.0 Å². The number of ether oxygens (including phenoxy) is 3. The van der Waals surface area contributed by atoms with Crippen molar-refractivity contribution in [2.75, 3.05) is 27.3 Å². The number of rotatable bonds is 5. The molecule has 2 aliphatic rings. The van der Waals surface area contributed by atoms with Gasteiger partial charge in [-0.15, -0.1) is 0 Å². The predicted molar refractivity (Wildman–Crippen MR) is 97.9 cm³/mol. The molecule has 7 nitrogen and oxygen atoms in total. The number of amides is 1. The van der Waals surface area contributed by atoms with E-state index in [9.17, 15) is 4.79 Å². The number of para-hydroxylation sites is 1. The van der Waals surface area contributed by atoms with Crippen molar-refractivity contribution < 1.29 is 19.0 Å². The molecule has 0 N–H and O–H groups in total. The van der Waals surface area contributed by atoms with Crippen LogP contribution in [0.2, 0.25) is 0 Å². The van der Waals surface area contributed by atoms with Crippen LogP contribution in [0.4, 0.5) is 0 Å². The van der Waals surface area contributed by atoms with Crippen LogP contribution in [0, 0.1) is 0 Å². The molecule has 1 fully saturated rings. The minimum atomic E-state index is -0.484. The number of fused-ring (bicyclic) bond motifs is 2. The Morgan fingerprint density at radius 1 is 1.30 bits per heavy atom. The van der Waals surface area contributed by atoms with Crippen molar-refractivity contribution in [3.63, 3.8) is 0 Å². The first-order valence-corrected chi connectivity index (χ1v) is 9.11. The third-order valence-electron chi connectivity index (χ3n) is 5.18. The quantitative estimate of drug-likeness (QED) is 0.805. The fourth-order valence-electron chi connectivity index (χ4n) is 3.78. The maximum absolute atomic E-state index is 13.0. The number of aryl methyl sites for hydroxylation is 1. The van der Waals surface area contributed by atoms with Crippen LogP contribution in [0.5, 0.6) is 11.5 Å². The Kier molecular flexibility index (Phi) is 4.47. The van der Waals surface area contributed by atoms with Crippen molar-refractivity contribution in [1.29, 1.82) is 0 Å². The second kappa shape index (κ2) is 6.81. The summed E-state index contributed by atoms with van der Waals surface area (Å²) in [6.07, 6.45) is 3.74. The number of benzene rings is 1. The van der Waals surface area contributed by atoms with Crippen molar-refractivity contribution in [3.05, 3.63) is 47.0 Å². The topological polar surface area (TPSA) is 73.8 Å². The van der Waals surface area contributed by atoms with E-state index in [4.69, 9.17) is 14.2 Å². The van der Waals surface area contributed by atoms with Crippen LogP contribution in [0.3, 0.4) is 0 Å². The van der Waals surface area contributed by atoms with Crippen LogP contribution >= 0.6 is 0 Å². The molecule has 2 aliphatic heterocycles. The molecule has 1 aromatic heterocycles. The Morgan fingerprint density at radius 3 is 2.81 bits per heavy atom. The van der Waals surface area contributed by atoms with Crippen molar-refractivity contribution in [3.8, 4) is 11.5 Å². The zero-order valence-corrected chi connectivity index (χ0v) is 15.8. The van der Waals surface area contributed by atoms with Gasteiger partial charge in [-0.3, -0.25) is 4.79 Å². The van der Waals surface area contributed by atoms with Gasteiger partial charge in [-0.1, -0.05) is 13.0 Å². The summed E-state index contributed by atoms with van der Waals surface area (Å²) in [5, 5.41) is 0. The maximum atomic E-state index is 13.0. The van der Waals surface area contributed by atoms with E-state index in [0.29, 0.717) is 36.8 Å². The van der Waals surface area contributed by atoms with E-state index in [0.717, 1.165) is 29.9 Å². The van der Waals surface area contributed by atoms with Gasteiger partial charge in [0.15, 0.2) is 11.5 Å². The third kappa shape index (κ3) is 2.82. The molecular formula is C20H23N3O4. The molecule has 3 heterocycles. The predicted octanol–water partition coefficient (Wildman–Crippen LogP) is 2.33. The van der Waals surface area contributed by atoms with E-state index in [1.807, 2.05) is 6.20 Å². The summed E-state index contributed by atoms with van der Waals surface area (Å²) < 4.78 is 16.7. The molecule has 0 saturated carbocycles. The number of nitrogens with zero attached hydrogens (tertiary/aromatic N) is 3. The van der Waals surface area contributed by atoms with Gasteiger partial charge >= 0.3 is 0 Å². The van der Waals surface area contributed by atoms with Gasteiger partial charge < -0.3 is 19.1 Å². The number of carbonyl (C=O) groups is 1. The highest BCUT2D eigenvalue weighted by molar-refractivity contribution is 5.98. The molecule has 0 radical (unpaired) electrons. The molecule has 1 aromatic carbocycles. The summed E-state index contributed by atoms with van der Waals surface area (Å²) in [5.41, 5.74) is 1.95. The number of carbonyl (C=O) groups excluding carboxylic acids is 1. The van der Waals surface area contributed by atoms with E-state index in [1.54, 1.807) is 30.2 Å².